The van der Waals surface area contributed by atoms with Crippen molar-refractivity contribution in [3.63, 3.8) is 0 Å². The van der Waals surface area contributed by atoms with Crippen LogP contribution in [0.1, 0.15) is 22.6 Å². The van der Waals surface area contributed by atoms with E-state index in [1.807, 2.05) is 47.4 Å². The fraction of sp³-hybridized carbons (Fsp3) is 0.278. The van der Waals surface area contributed by atoms with Crippen molar-refractivity contribution in [3.05, 3.63) is 71.6 Å². The molecule has 0 spiro atoms. The standard InChI is InChI=1S/C18H16F3N5/c19-18(20,21)17-22-9-14-12-25(7-6-16(14)24-17)10-13-8-23-26(11-13)15-4-2-1-3-5-15/h1-5,8-9,11H,6-7,10,12H2. The number of fused-ring (bicyclic) bond motifs is 1. The number of benzene rings is 1. The molecule has 0 fully saturated rings. The van der Waals surface area contributed by atoms with Crippen LogP contribution in [0, 0.1) is 0 Å². The predicted octanol–water partition coefficient (Wildman–Crippen LogP) is 3.24. The van der Waals surface area contributed by atoms with Crippen LogP contribution in [0.25, 0.3) is 5.69 Å². The molecule has 0 saturated heterocycles. The van der Waals surface area contributed by atoms with Crippen molar-refractivity contribution in [2.45, 2.75) is 25.7 Å². The maximum Gasteiger partial charge on any atom is 0.451 e. The van der Waals surface area contributed by atoms with Crippen molar-refractivity contribution in [3.8, 4) is 5.69 Å². The van der Waals surface area contributed by atoms with E-state index >= 15 is 0 Å². The average Bonchev–Trinajstić information content (AvgIpc) is 3.10. The third kappa shape index (κ3) is 3.45. The number of halogens is 3. The smallest absolute Gasteiger partial charge is 0.294 e. The van der Waals surface area contributed by atoms with Crippen molar-refractivity contribution in [1.82, 2.24) is 24.6 Å². The van der Waals surface area contributed by atoms with Crippen LogP contribution < -0.4 is 0 Å². The molecule has 26 heavy (non-hydrogen) atoms. The van der Waals surface area contributed by atoms with Crippen LogP contribution >= 0.6 is 0 Å². The Morgan fingerprint density at radius 3 is 2.65 bits per heavy atom. The first-order valence-corrected chi connectivity index (χ1v) is 8.22. The molecule has 0 N–H and O–H groups in total. The zero-order chi connectivity index (χ0) is 18.1. The molecule has 1 aliphatic rings. The Balaban J connectivity index is 1.46. The van der Waals surface area contributed by atoms with Crippen LogP contribution in [-0.4, -0.2) is 31.2 Å². The summed E-state index contributed by atoms with van der Waals surface area (Å²) in [6.07, 6.45) is 1.05. The first-order valence-electron chi connectivity index (χ1n) is 8.22. The Morgan fingerprint density at radius 2 is 1.88 bits per heavy atom. The number of hydrogen-bond acceptors (Lipinski definition) is 4. The summed E-state index contributed by atoms with van der Waals surface area (Å²) >= 11 is 0. The average molecular weight is 359 g/mol. The summed E-state index contributed by atoms with van der Waals surface area (Å²) in [6, 6.07) is 9.80. The number of rotatable bonds is 3. The summed E-state index contributed by atoms with van der Waals surface area (Å²) in [5, 5.41) is 4.38. The SMILES string of the molecule is FC(F)(F)c1ncc2c(n1)CCN(Cc1cnn(-c3ccccc3)c1)C2. The molecule has 0 unspecified atom stereocenters. The molecule has 0 amide bonds. The number of aromatic nitrogens is 4. The Bertz CT molecular complexity index is 905. The van der Waals surface area contributed by atoms with E-state index < -0.39 is 12.0 Å². The first kappa shape index (κ1) is 16.7. The van der Waals surface area contributed by atoms with Gasteiger partial charge in [-0.15, -0.1) is 0 Å². The van der Waals surface area contributed by atoms with Crippen LogP contribution in [0.15, 0.2) is 48.9 Å². The summed E-state index contributed by atoms with van der Waals surface area (Å²) in [4.78, 5) is 9.32. The Hall–Kier alpha value is -2.74. The lowest BCUT2D eigenvalue weighted by Gasteiger charge is -2.27. The summed E-state index contributed by atoms with van der Waals surface area (Å²) in [7, 11) is 0. The van der Waals surface area contributed by atoms with Gasteiger partial charge in [-0.25, -0.2) is 14.6 Å². The van der Waals surface area contributed by atoms with E-state index in [0.29, 0.717) is 31.7 Å². The van der Waals surface area contributed by atoms with Crippen molar-refractivity contribution in [1.29, 1.82) is 0 Å². The third-order valence-electron chi connectivity index (χ3n) is 4.33. The normalized spacial score (nSPS) is 15.0. The number of hydrogen-bond donors (Lipinski definition) is 0. The lowest BCUT2D eigenvalue weighted by Crippen LogP contribution is -2.31. The third-order valence-corrected chi connectivity index (χ3v) is 4.33. The van der Waals surface area contributed by atoms with Gasteiger partial charge in [-0.1, -0.05) is 18.2 Å². The molecule has 5 nitrogen and oxygen atoms in total. The van der Waals surface area contributed by atoms with Gasteiger partial charge in [0.2, 0.25) is 5.82 Å². The second kappa shape index (κ2) is 6.53. The largest absolute Gasteiger partial charge is 0.451 e. The zero-order valence-corrected chi connectivity index (χ0v) is 13.8. The van der Waals surface area contributed by atoms with Gasteiger partial charge in [0.15, 0.2) is 0 Å². The molecule has 2 aromatic heterocycles. The van der Waals surface area contributed by atoms with Gasteiger partial charge in [0, 0.05) is 49.6 Å². The van der Waals surface area contributed by atoms with Crippen molar-refractivity contribution >= 4 is 0 Å². The fourth-order valence-electron chi connectivity index (χ4n) is 3.07. The number of para-hydroxylation sites is 1. The fourth-order valence-corrected chi connectivity index (χ4v) is 3.07. The van der Waals surface area contributed by atoms with Crippen LogP contribution in [0.3, 0.4) is 0 Å². The minimum absolute atomic E-state index is 0.480. The van der Waals surface area contributed by atoms with Crippen molar-refractivity contribution in [2.75, 3.05) is 6.54 Å². The Morgan fingerprint density at radius 1 is 1.08 bits per heavy atom. The van der Waals surface area contributed by atoms with Crippen LogP contribution in [0.2, 0.25) is 0 Å². The van der Waals surface area contributed by atoms with Gasteiger partial charge in [0.1, 0.15) is 0 Å². The zero-order valence-electron chi connectivity index (χ0n) is 13.8. The Kier molecular flexibility index (Phi) is 4.20. The Labute approximate surface area is 148 Å². The van der Waals surface area contributed by atoms with E-state index in [-0.39, 0.29) is 0 Å². The minimum atomic E-state index is -4.50. The molecular formula is C18H16F3N5. The van der Waals surface area contributed by atoms with E-state index in [4.69, 9.17) is 0 Å². The van der Waals surface area contributed by atoms with Crippen molar-refractivity contribution < 1.29 is 13.2 Å². The molecule has 0 saturated carbocycles. The summed E-state index contributed by atoms with van der Waals surface area (Å²) < 4.78 is 40.0. The van der Waals surface area contributed by atoms with E-state index in [1.165, 1.54) is 6.20 Å². The van der Waals surface area contributed by atoms with E-state index in [2.05, 4.69) is 20.0 Å². The second-order valence-electron chi connectivity index (χ2n) is 6.25. The molecule has 0 aliphatic carbocycles. The van der Waals surface area contributed by atoms with Crippen molar-refractivity contribution in [2.24, 2.45) is 0 Å². The van der Waals surface area contributed by atoms with Crippen LogP contribution in [0.5, 0.6) is 0 Å². The molecule has 1 aromatic carbocycles. The first-order chi connectivity index (χ1) is 12.5. The molecule has 3 aromatic rings. The quantitative estimate of drug-likeness (QED) is 0.720. The maximum atomic E-state index is 12.7. The summed E-state index contributed by atoms with van der Waals surface area (Å²) in [6.45, 7) is 1.86. The van der Waals surface area contributed by atoms with E-state index in [1.54, 1.807) is 0 Å². The summed E-state index contributed by atoms with van der Waals surface area (Å²) in [5.74, 6) is -1.06. The molecule has 8 heteroatoms. The van der Waals surface area contributed by atoms with Crippen LogP contribution in [0.4, 0.5) is 13.2 Å². The van der Waals surface area contributed by atoms with E-state index in [9.17, 15) is 13.2 Å². The molecule has 0 atom stereocenters. The van der Waals surface area contributed by atoms with Gasteiger partial charge in [-0.05, 0) is 12.1 Å². The maximum absolute atomic E-state index is 12.7. The van der Waals surface area contributed by atoms with Gasteiger partial charge in [0.05, 0.1) is 17.6 Å². The topological polar surface area (TPSA) is 46.8 Å². The number of alkyl halides is 3. The summed E-state index contributed by atoms with van der Waals surface area (Å²) in [5.41, 5.74) is 3.27. The lowest BCUT2D eigenvalue weighted by atomic mass is 10.1. The molecule has 134 valence electrons. The highest BCUT2D eigenvalue weighted by atomic mass is 19.4. The van der Waals surface area contributed by atoms with Gasteiger partial charge < -0.3 is 0 Å². The highest BCUT2D eigenvalue weighted by Crippen LogP contribution is 2.28. The van der Waals surface area contributed by atoms with Gasteiger partial charge in [-0.2, -0.15) is 18.3 Å². The van der Waals surface area contributed by atoms with Gasteiger partial charge >= 0.3 is 6.18 Å². The molecule has 4 rings (SSSR count). The molecule has 3 heterocycles. The van der Waals surface area contributed by atoms with Gasteiger partial charge in [-0.3, -0.25) is 4.90 Å². The lowest BCUT2D eigenvalue weighted by molar-refractivity contribution is -0.145. The second-order valence-corrected chi connectivity index (χ2v) is 6.25. The van der Waals surface area contributed by atoms with E-state index in [0.717, 1.165) is 16.8 Å². The highest BCUT2D eigenvalue weighted by Gasteiger charge is 2.35. The monoisotopic (exact) mass is 359 g/mol. The highest BCUT2D eigenvalue weighted by molar-refractivity contribution is 5.31. The molecule has 0 radical (unpaired) electrons. The minimum Gasteiger partial charge on any atom is -0.294 e. The molecular weight excluding hydrogens is 343 g/mol. The molecule has 1 aliphatic heterocycles. The molecule has 0 bridgehead atoms. The number of nitrogens with zero attached hydrogens (tertiary/aromatic N) is 5. The van der Waals surface area contributed by atoms with Gasteiger partial charge in [0.25, 0.3) is 0 Å². The predicted molar refractivity (Wildman–Crippen MR) is 88.4 cm³/mol. The van der Waals surface area contributed by atoms with Crippen LogP contribution in [-0.2, 0) is 25.7 Å².